The zero-order valence-electron chi connectivity index (χ0n) is 10.4. The number of nitrogens with one attached hydrogen (secondary N) is 1. The number of nitrogen functional groups attached to an aromatic ring is 1. The first-order chi connectivity index (χ1) is 7.95. The lowest BCUT2D eigenvalue weighted by Crippen LogP contribution is -2.27. The number of hydrogen-bond acceptors (Lipinski definition) is 4. The van der Waals surface area contributed by atoms with E-state index in [2.05, 4.69) is 5.32 Å². The van der Waals surface area contributed by atoms with E-state index in [9.17, 15) is 9.90 Å². The van der Waals surface area contributed by atoms with Crippen LogP contribution in [0.15, 0.2) is 18.2 Å². The van der Waals surface area contributed by atoms with Gasteiger partial charge in [-0.2, -0.15) is 0 Å². The predicted octanol–water partition coefficient (Wildman–Crippen LogP) is 0.445. The van der Waals surface area contributed by atoms with Crippen LogP contribution in [0.4, 0.5) is 11.4 Å². The van der Waals surface area contributed by atoms with Crippen molar-refractivity contribution in [2.24, 2.45) is 0 Å². The molecular weight excluding hydrogens is 218 g/mol. The molecule has 0 fully saturated rings. The van der Waals surface area contributed by atoms with Gasteiger partial charge in [0.25, 0.3) is 5.91 Å². The molecular formula is C12H19N3O2. The molecule has 1 rings (SSSR count). The third kappa shape index (κ3) is 3.35. The number of aliphatic hydroxyl groups is 1. The number of carbonyl (C=O) groups is 1. The normalized spacial score (nSPS) is 12.0. The van der Waals surface area contributed by atoms with E-state index in [1.807, 2.05) is 11.9 Å². The van der Waals surface area contributed by atoms with Crippen LogP contribution < -0.4 is 16.0 Å². The Bertz CT molecular complexity index is 405. The van der Waals surface area contributed by atoms with Crippen LogP contribution in [0.1, 0.15) is 17.3 Å². The van der Waals surface area contributed by atoms with Gasteiger partial charge in [-0.15, -0.1) is 0 Å². The van der Waals surface area contributed by atoms with Gasteiger partial charge in [0.05, 0.1) is 17.5 Å². The van der Waals surface area contributed by atoms with Crippen LogP contribution in [0.5, 0.6) is 0 Å². The molecule has 0 aliphatic heterocycles. The Morgan fingerprint density at radius 2 is 2.24 bits per heavy atom. The van der Waals surface area contributed by atoms with Gasteiger partial charge >= 0.3 is 0 Å². The standard InChI is InChI=1S/C12H19N3O2/c1-8(16)7-15(3)11-5-4-9(6-10(11)13)12(17)14-2/h4-6,8,16H,7,13H2,1-3H3,(H,14,17). The highest BCUT2D eigenvalue weighted by Crippen LogP contribution is 2.23. The molecule has 0 saturated carbocycles. The van der Waals surface area contributed by atoms with Crippen molar-refractivity contribution in [1.29, 1.82) is 0 Å². The maximum Gasteiger partial charge on any atom is 0.251 e. The van der Waals surface area contributed by atoms with Gasteiger partial charge in [0.2, 0.25) is 0 Å². The number of benzene rings is 1. The average Bonchev–Trinajstić information content (AvgIpc) is 2.26. The molecule has 4 N–H and O–H groups in total. The molecule has 1 aromatic rings. The number of carbonyl (C=O) groups excluding carboxylic acids is 1. The second-order valence-electron chi connectivity index (χ2n) is 4.08. The van der Waals surface area contributed by atoms with Crippen molar-refractivity contribution in [2.75, 3.05) is 31.3 Å². The molecule has 5 nitrogen and oxygen atoms in total. The monoisotopic (exact) mass is 237 g/mol. The summed E-state index contributed by atoms with van der Waals surface area (Å²) in [5.74, 6) is -0.165. The highest BCUT2D eigenvalue weighted by Gasteiger charge is 2.10. The lowest BCUT2D eigenvalue weighted by atomic mass is 10.1. The van der Waals surface area contributed by atoms with Crippen LogP contribution in [-0.2, 0) is 0 Å². The summed E-state index contributed by atoms with van der Waals surface area (Å²) in [6.07, 6.45) is -0.432. The number of aliphatic hydroxyl groups excluding tert-OH is 1. The highest BCUT2D eigenvalue weighted by atomic mass is 16.3. The Balaban J connectivity index is 2.93. The molecule has 0 aromatic heterocycles. The molecule has 0 heterocycles. The van der Waals surface area contributed by atoms with Crippen molar-refractivity contribution < 1.29 is 9.90 Å². The molecule has 0 aliphatic rings. The molecule has 0 radical (unpaired) electrons. The van der Waals surface area contributed by atoms with Gasteiger partial charge in [-0.25, -0.2) is 0 Å². The van der Waals surface area contributed by atoms with Crippen molar-refractivity contribution >= 4 is 17.3 Å². The van der Waals surface area contributed by atoms with Crippen molar-refractivity contribution in [3.8, 4) is 0 Å². The number of amides is 1. The number of nitrogens with two attached hydrogens (primary N) is 1. The van der Waals surface area contributed by atoms with Crippen LogP contribution in [0.3, 0.4) is 0 Å². The van der Waals surface area contributed by atoms with Crippen molar-refractivity contribution in [3.05, 3.63) is 23.8 Å². The summed E-state index contributed by atoms with van der Waals surface area (Å²) < 4.78 is 0. The fraction of sp³-hybridized carbons (Fsp3) is 0.417. The maximum absolute atomic E-state index is 11.4. The van der Waals surface area contributed by atoms with Crippen molar-refractivity contribution in [2.45, 2.75) is 13.0 Å². The van der Waals surface area contributed by atoms with E-state index >= 15 is 0 Å². The largest absolute Gasteiger partial charge is 0.397 e. The number of likely N-dealkylation sites (N-methyl/N-ethyl adjacent to an activating group) is 1. The van der Waals surface area contributed by atoms with E-state index in [0.717, 1.165) is 5.69 Å². The maximum atomic E-state index is 11.4. The first-order valence-electron chi connectivity index (χ1n) is 5.46. The second kappa shape index (κ2) is 5.54. The van der Waals surface area contributed by atoms with E-state index in [0.29, 0.717) is 17.8 Å². The van der Waals surface area contributed by atoms with Gasteiger partial charge < -0.3 is 21.1 Å². The minimum atomic E-state index is -0.432. The number of hydrogen-bond donors (Lipinski definition) is 3. The van der Waals surface area contributed by atoms with Gasteiger partial charge in [0, 0.05) is 26.2 Å². The zero-order chi connectivity index (χ0) is 13.0. The average molecular weight is 237 g/mol. The second-order valence-corrected chi connectivity index (χ2v) is 4.08. The Kier molecular flexibility index (Phi) is 4.34. The summed E-state index contributed by atoms with van der Waals surface area (Å²) in [4.78, 5) is 13.3. The predicted molar refractivity (Wildman–Crippen MR) is 69.2 cm³/mol. The van der Waals surface area contributed by atoms with Crippen LogP contribution in [0, 0.1) is 0 Å². The Morgan fingerprint density at radius 3 is 2.71 bits per heavy atom. The van der Waals surface area contributed by atoms with Crippen molar-refractivity contribution in [1.82, 2.24) is 5.32 Å². The molecule has 0 saturated heterocycles. The summed E-state index contributed by atoms with van der Waals surface area (Å²) in [5, 5.41) is 11.9. The zero-order valence-corrected chi connectivity index (χ0v) is 10.4. The Hall–Kier alpha value is -1.75. The van der Waals surface area contributed by atoms with E-state index in [1.54, 1.807) is 32.2 Å². The van der Waals surface area contributed by atoms with Crippen LogP contribution >= 0.6 is 0 Å². The summed E-state index contributed by atoms with van der Waals surface area (Å²) in [6, 6.07) is 5.12. The molecule has 94 valence electrons. The van der Waals surface area contributed by atoms with Gasteiger partial charge in [0.1, 0.15) is 0 Å². The molecule has 1 aromatic carbocycles. The van der Waals surface area contributed by atoms with Gasteiger partial charge in [-0.05, 0) is 25.1 Å². The summed E-state index contributed by atoms with van der Waals surface area (Å²) >= 11 is 0. The van der Waals surface area contributed by atoms with Crippen LogP contribution in [0.2, 0.25) is 0 Å². The smallest absolute Gasteiger partial charge is 0.251 e. The first-order valence-corrected chi connectivity index (χ1v) is 5.46. The van der Waals surface area contributed by atoms with E-state index in [1.165, 1.54) is 0 Å². The Morgan fingerprint density at radius 1 is 1.59 bits per heavy atom. The van der Waals surface area contributed by atoms with E-state index < -0.39 is 6.10 Å². The molecule has 0 bridgehead atoms. The summed E-state index contributed by atoms with van der Waals surface area (Å²) in [5.41, 5.74) is 7.74. The van der Waals surface area contributed by atoms with E-state index in [-0.39, 0.29) is 5.91 Å². The molecule has 0 spiro atoms. The fourth-order valence-corrected chi connectivity index (χ4v) is 1.68. The van der Waals surface area contributed by atoms with Gasteiger partial charge in [-0.1, -0.05) is 0 Å². The van der Waals surface area contributed by atoms with Crippen LogP contribution in [-0.4, -0.2) is 37.8 Å². The van der Waals surface area contributed by atoms with E-state index in [4.69, 9.17) is 5.73 Å². The van der Waals surface area contributed by atoms with Gasteiger partial charge in [-0.3, -0.25) is 4.79 Å². The summed E-state index contributed by atoms with van der Waals surface area (Å²) in [7, 11) is 3.42. The molecule has 0 aliphatic carbocycles. The third-order valence-corrected chi connectivity index (χ3v) is 2.47. The molecule has 1 amide bonds. The lowest BCUT2D eigenvalue weighted by molar-refractivity contribution is 0.0963. The Labute approximate surface area is 101 Å². The molecule has 17 heavy (non-hydrogen) atoms. The van der Waals surface area contributed by atoms with Crippen molar-refractivity contribution in [3.63, 3.8) is 0 Å². The SMILES string of the molecule is CNC(=O)c1ccc(N(C)CC(C)O)c(N)c1. The molecule has 1 atom stereocenters. The lowest BCUT2D eigenvalue weighted by Gasteiger charge is -2.22. The number of anilines is 2. The third-order valence-electron chi connectivity index (χ3n) is 2.47. The fourth-order valence-electron chi connectivity index (χ4n) is 1.68. The first kappa shape index (κ1) is 13.3. The van der Waals surface area contributed by atoms with Crippen LogP contribution in [0.25, 0.3) is 0 Å². The van der Waals surface area contributed by atoms with Gasteiger partial charge in [0.15, 0.2) is 0 Å². The topological polar surface area (TPSA) is 78.6 Å². The minimum Gasteiger partial charge on any atom is -0.397 e. The highest BCUT2D eigenvalue weighted by molar-refractivity contribution is 5.95. The summed E-state index contributed by atoms with van der Waals surface area (Å²) in [6.45, 7) is 2.20. The quantitative estimate of drug-likeness (QED) is 0.664. The molecule has 5 heteroatoms. The molecule has 1 unspecified atom stereocenters. The minimum absolute atomic E-state index is 0.165. The number of rotatable bonds is 4. The number of nitrogens with zero attached hydrogens (tertiary/aromatic N) is 1.